The first-order chi connectivity index (χ1) is 5.29. The molecule has 2 nitrogen and oxygen atoms in total. The number of fused-ring (bicyclic) bond motifs is 1. The van der Waals surface area contributed by atoms with Crippen LogP contribution in [0.1, 0.15) is 0 Å². The van der Waals surface area contributed by atoms with Crippen LogP contribution in [0.3, 0.4) is 0 Å². The van der Waals surface area contributed by atoms with E-state index in [1.165, 1.54) is 0 Å². The number of imidazole rings is 1. The Morgan fingerprint density at radius 1 is 1.42 bits per heavy atom. The molecule has 0 fully saturated rings. The van der Waals surface area contributed by atoms with Crippen LogP contribution in [0.2, 0.25) is 5.02 Å². The standard InChI is InChI=1S/C7H5ClN2S.Na/c8-6-5(11)1-3-10-4-2-9-7(6)10;/h1-4,9H;. The molecule has 2 heterocycles. The number of aromatic amines is 1. The second kappa shape index (κ2) is 3.94. The minimum atomic E-state index is 0. The SMILES string of the molecule is S=c1ccn2cc[nH]c2c1Cl.[Na]. The van der Waals surface area contributed by atoms with Gasteiger partial charge in [0.25, 0.3) is 0 Å². The van der Waals surface area contributed by atoms with Crippen molar-refractivity contribution in [2.24, 2.45) is 0 Å². The maximum atomic E-state index is 5.91. The fourth-order valence-electron chi connectivity index (χ4n) is 0.984. The van der Waals surface area contributed by atoms with Gasteiger partial charge in [-0.2, -0.15) is 0 Å². The number of rotatable bonds is 0. The molecule has 2 aromatic rings. The fraction of sp³-hybridized carbons (Fsp3) is 0. The Kier molecular flexibility index (Phi) is 3.37. The number of pyridine rings is 1. The van der Waals surface area contributed by atoms with Crippen molar-refractivity contribution < 1.29 is 0 Å². The van der Waals surface area contributed by atoms with E-state index < -0.39 is 0 Å². The van der Waals surface area contributed by atoms with Gasteiger partial charge in [-0.25, -0.2) is 0 Å². The first kappa shape index (κ1) is 10.3. The Labute approximate surface area is 102 Å². The van der Waals surface area contributed by atoms with Crippen molar-refractivity contribution in [1.29, 1.82) is 0 Å². The van der Waals surface area contributed by atoms with Crippen molar-refractivity contribution >= 4 is 59.0 Å². The van der Waals surface area contributed by atoms with Crippen molar-refractivity contribution in [2.45, 2.75) is 0 Å². The van der Waals surface area contributed by atoms with Crippen molar-refractivity contribution in [2.75, 3.05) is 0 Å². The molecular formula is C7H5ClN2NaS. The Hall–Kier alpha value is 0.200. The van der Waals surface area contributed by atoms with Crippen molar-refractivity contribution in [3.63, 3.8) is 0 Å². The molecular weight excluding hydrogens is 203 g/mol. The van der Waals surface area contributed by atoms with Gasteiger partial charge >= 0.3 is 0 Å². The molecule has 0 unspecified atom stereocenters. The summed E-state index contributed by atoms with van der Waals surface area (Å²) in [4.78, 5) is 2.99. The molecule has 1 N–H and O–H groups in total. The van der Waals surface area contributed by atoms with Gasteiger partial charge in [-0.05, 0) is 6.07 Å². The van der Waals surface area contributed by atoms with Gasteiger partial charge in [-0.3, -0.25) is 0 Å². The summed E-state index contributed by atoms with van der Waals surface area (Å²) in [5, 5.41) is 0.604. The van der Waals surface area contributed by atoms with Crippen LogP contribution in [-0.2, 0) is 0 Å². The first-order valence-electron chi connectivity index (χ1n) is 3.13. The Morgan fingerprint density at radius 2 is 2.17 bits per heavy atom. The average Bonchev–Trinajstić information content (AvgIpc) is 2.45. The van der Waals surface area contributed by atoms with E-state index in [1.54, 1.807) is 6.07 Å². The average molecular weight is 208 g/mol. The second-order valence-corrected chi connectivity index (χ2v) is 3.03. The van der Waals surface area contributed by atoms with Crippen LogP contribution in [0.5, 0.6) is 0 Å². The van der Waals surface area contributed by atoms with Gasteiger partial charge in [0.2, 0.25) is 0 Å². The van der Waals surface area contributed by atoms with E-state index in [-0.39, 0.29) is 29.6 Å². The summed E-state index contributed by atoms with van der Waals surface area (Å²) in [6.07, 6.45) is 5.58. The zero-order chi connectivity index (χ0) is 7.84. The summed E-state index contributed by atoms with van der Waals surface area (Å²) < 4.78 is 2.56. The molecule has 1 radical (unpaired) electrons. The Bertz CT molecular complexity index is 448. The zero-order valence-corrected chi connectivity index (χ0v) is 10.1. The van der Waals surface area contributed by atoms with Gasteiger partial charge in [0.05, 0.1) is 9.53 Å². The van der Waals surface area contributed by atoms with Gasteiger partial charge in [0.1, 0.15) is 5.65 Å². The topological polar surface area (TPSA) is 20.2 Å². The van der Waals surface area contributed by atoms with E-state index in [2.05, 4.69) is 4.98 Å². The van der Waals surface area contributed by atoms with Gasteiger partial charge in [-0.1, -0.05) is 23.8 Å². The molecule has 0 saturated carbocycles. The van der Waals surface area contributed by atoms with Crippen molar-refractivity contribution in [3.05, 3.63) is 34.2 Å². The molecule has 0 saturated heterocycles. The predicted octanol–water partition coefficient (Wildman–Crippen LogP) is 2.27. The largest absolute Gasteiger partial charge is 0.345 e. The summed E-state index contributed by atoms with van der Waals surface area (Å²) >= 11 is 10.9. The molecule has 0 bridgehead atoms. The van der Waals surface area contributed by atoms with Crippen LogP contribution in [0, 0.1) is 4.51 Å². The van der Waals surface area contributed by atoms with Gasteiger partial charge in [0.15, 0.2) is 0 Å². The molecule has 0 aliphatic carbocycles. The van der Waals surface area contributed by atoms with E-state index in [0.29, 0.717) is 9.53 Å². The monoisotopic (exact) mass is 207 g/mol. The third kappa shape index (κ3) is 1.60. The van der Waals surface area contributed by atoms with Gasteiger partial charge < -0.3 is 9.38 Å². The second-order valence-electron chi connectivity index (χ2n) is 2.21. The van der Waals surface area contributed by atoms with Crippen LogP contribution in [0.25, 0.3) is 5.65 Å². The van der Waals surface area contributed by atoms with Crippen LogP contribution in [0.4, 0.5) is 0 Å². The Balaban J connectivity index is 0.000000720. The summed E-state index contributed by atoms with van der Waals surface area (Å²) in [5.74, 6) is 0. The third-order valence-electron chi connectivity index (χ3n) is 1.52. The van der Waals surface area contributed by atoms with Crippen LogP contribution in [0.15, 0.2) is 24.7 Å². The van der Waals surface area contributed by atoms with E-state index in [1.807, 2.05) is 23.0 Å². The quantitative estimate of drug-likeness (QED) is 0.519. The summed E-state index contributed by atoms with van der Waals surface area (Å²) in [7, 11) is 0. The molecule has 2 aromatic heterocycles. The molecule has 5 heteroatoms. The minimum absolute atomic E-state index is 0. The zero-order valence-electron chi connectivity index (χ0n) is 6.54. The number of H-pyrrole nitrogens is 1. The molecule has 0 aliphatic rings. The van der Waals surface area contributed by atoms with Crippen molar-refractivity contribution in [1.82, 2.24) is 9.38 Å². The smallest absolute Gasteiger partial charge is 0.134 e. The molecule has 12 heavy (non-hydrogen) atoms. The maximum absolute atomic E-state index is 5.91. The Morgan fingerprint density at radius 3 is 2.92 bits per heavy atom. The summed E-state index contributed by atoms with van der Waals surface area (Å²) in [6.45, 7) is 0. The van der Waals surface area contributed by atoms with Crippen molar-refractivity contribution in [3.8, 4) is 0 Å². The number of halogens is 1. The summed E-state index contributed by atoms with van der Waals surface area (Å²) in [5.41, 5.74) is 0.846. The molecule has 57 valence electrons. The number of nitrogens with zero attached hydrogens (tertiary/aromatic N) is 1. The number of aromatic nitrogens is 2. The maximum Gasteiger partial charge on any atom is 0.134 e. The number of hydrogen-bond donors (Lipinski definition) is 1. The minimum Gasteiger partial charge on any atom is -0.345 e. The predicted molar refractivity (Wildman–Crippen MR) is 53.3 cm³/mol. The molecule has 0 atom stereocenters. The molecule has 0 amide bonds. The van der Waals surface area contributed by atoms with Crippen LogP contribution in [-0.4, -0.2) is 38.9 Å². The van der Waals surface area contributed by atoms with Gasteiger partial charge in [-0.15, -0.1) is 0 Å². The summed E-state index contributed by atoms with van der Waals surface area (Å²) in [6, 6.07) is 1.80. The molecule has 2 rings (SSSR count). The van der Waals surface area contributed by atoms with E-state index in [4.69, 9.17) is 23.8 Å². The number of hydrogen-bond acceptors (Lipinski definition) is 1. The van der Waals surface area contributed by atoms with E-state index in [9.17, 15) is 0 Å². The van der Waals surface area contributed by atoms with E-state index in [0.717, 1.165) is 5.65 Å². The van der Waals surface area contributed by atoms with Gasteiger partial charge in [0, 0.05) is 48.1 Å². The number of nitrogens with one attached hydrogen (secondary N) is 1. The van der Waals surface area contributed by atoms with E-state index >= 15 is 0 Å². The van der Waals surface area contributed by atoms with Crippen LogP contribution < -0.4 is 0 Å². The molecule has 0 aromatic carbocycles. The fourth-order valence-corrected chi connectivity index (χ4v) is 1.36. The normalized spacial score (nSPS) is 9.75. The molecule has 0 spiro atoms. The first-order valence-corrected chi connectivity index (χ1v) is 3.91. The molecule has 0 aliphatic heterocycles. The third-order valence-corrected chi connectivity index (χ3v) is 2.36. The van der Waals surface area contributed by atoms with Crippen LogP contribution >= 0.6 is 23.8 Å².